The number of benzene rings is 1. The van der Waals surface area contributed by atoms with Crippen molar-refractivity contribution in [3.05, 3.63) is 33.9 Å². The number of likely N-dealkylation sites (N-methyl/N-ethyl adjacent to an activating group) is 1. The fourth-order valence-electron chi connectivity index (χ4n) is 3.10. The summed E-state index contributed by atoms with van der Waals surface area (Å²) in [5, 5.41) is 23.4. The number of ether oxygens (including phenoxy) is 1. The zero-order valence-electron chi connectivity index (χ0n) is 14.8. The van der Waals surface area contributed by atoms with E-state index in [2.05, 4.69) is 10.1 Å². The van der Waals surface area contributed by atoms with Crippen LogP contribution >= 0.6 is 0 Å². The van der Waals surface area contributed by atoms with Crippen LogP contribution in [0.3, 0.4) is 0 Å². The van der Waals surface area contributed by atoms with E-state index < -0.39 is 16.9 Å². The molecule has 1 fully saturated rings. The van der Waals surface area contributed by atoms with Gasteiger partial charge in [0, 0.05) is 18.2 Å². The van der Waals surface area contributed by atoms with Crippen molar-refractivity contribution in [2.45, 2.75) is 38.3 Å². The SMILES string of the molecule is CCN(CC(=O)O)C1CC(Nc2ccc(CC(=O)OC)cc2[N+](=O)[O-])C1. The molecule has 9 heteroatoms. The molecule has 2 rings (SSSR count). The van der Waals surface area contributed by atoms with Crippen LogP contribution < -0.4 is 5.32 Å². The van der Waals surface area contributed by atoms with Gasteiger partial charge in [-0.05, 0) is 31.0 Å². The van der Waals surface area contributed by atoms with Crippen LogP contribution in [0.5, 0.6) is 0 Å². The number of aliphatic carboxylic acids is 1. The summed E-state index contributed by atoms with van der Waals surface area (Å²) in [5.74, 6) is -1.32. The van der Waals surface area contributed by atoms with Gasteiger partial charge in [0.15, 0.2) is 0 Å². The molecule has 0 aromatic heterocycles. The van der Waals surface area contributed by atoms with Crippen molar-refractivity contribution in [3.8, 4) is 0 Å². The fraction of sp³-hybridized carbons (Fsp3) is 0.529. The van der Waals surface area contributed by atoms with E-state index in [1.165, 1.54) is 13.2 Å². The average Bonchev–Trinajstić information content (AvgIpc) is 2.56. The van der Waals surface area contributed by atoms with Gasteiger partial charge in [-0.1, -0.05) is 13.0 Å². The zero-order valence-corrected chi connectivity index (χ0v) is 14.8. The minimum absolute atomic E-state index is 0.00371. The Hall–Kier alpha value is -2.68. The van der Waals surface area contributed by atoms with Gasteiger partial charge in [-0.15, -0.1) is 0 Å². The molecule has 0 amide bonds. The number of nitrogens with zero attached hydrogens (tertiary/aromatic N) is 2. The predicted octanol–water partition coefficient (Wildman–Crippen LogP) is 1.66. The third-order valence-corrected chi connectivity index (χ3v) is 4.57. The van der Waals surface area contributed by atoms with Gasteiger partial charge in [0.1, 0.15) is 5.69 Å². The number of carboxylic acid groups (broad SMARTS) is 1. The Morgan fingerprint density at radius 1 is 1.42 bits per heavy atom. The molecule has 0 saturated heterocycles. The average molecular weight is 365 g/mol. The molecule has 142 valence electrons. The number of carbonyl (C=O) groups is 2. The van der Waals surface area contributed by atoms with E-state index in [-0.39, 0.29) is 30.7 Å². The summed E-state index contributed by atoms with van der Waals surface area (Å²) < 4.78 is 4.58. The summed E-state index contributed by atoms with van der Waals surface area (Å²) in [5.41, 5.74) is 0.820. The van der Waals surface area contributed by atoms with Gasteiger partial charge in [0.05, 0.1) is 25.0 Å². The first-order chi connectivity index (χ1) is 12.3. The normalized spacial score (nSPS) is 18.9. The minimum Gasteiger partial charge on any atom is -0.480 e. The number of hydrogen-bond acceptors (Lipinski definition) is 7. The number of rotatable bonds is 9. The van der Waals surface area contributed by atoms with Gasteiger partial charge in [0.25, 0.3) is 5.69 Å². The number of nitro benzene ring substituents is 1. The highest BCUT2D eigenvalue weighted by atomic mass is 16.6. The van der Waals surface area contributed by atoms with Crippen molar-refractivity contribution < 1.29 is 24.4 Å². The Labute approximate surface area is 151 Å². The first kappa shape index (κ1) is 19.6. The maximum absolute atomic E-state index is 11.3. The number of anilines is 1. The van der Waals surface area contributed by atoms with Gasteiger partial charge >= 0.3 is 11.9 Å². The molecule has 0 atom stereocenters. The van der Waals surface area contributed by atoms with Crippen molar-refractivity contribution >= 4 is 23.3 Å². The van der Waals surface area contributed by atoms with Crippen LogP contribution in [0, 0.1) is 10.1 Å². The number of esters is 1. The van der Waals surface area contributed by atoms with Crippen LogP contribution in [0.4, 0.5) is 11.4 Å². The zero-order chi connectivity index (χ0) is 19.3. The van der Waals surface area contributed by atoms with E-state index in [0.29, 0.717) is 17.8 Å². The van der Waals surface area contributed by atoms with Crippen LogP contribution in [-0.4, -0.2) is 59.2 Å². The summed E-state index contributed by atoms with van der Waals surface area (Å²) in [4.78, 5) is 34.9. The van der Waals surface area contributed by atoms with Gasteiger partial charge in [-0.3, -0.25) is 24.6 Å². The molecule has 1 aromatic rings. The lowest BCUT2D eigenvalue weighted by Gasteiger charge is -2.42. The van der Waals surface area contributed by atoms with Crippen molar-refractivity contribution in [2.75, 3.05) is 25.5 Å². The van der Waals surface area contributed by atoms with Crippen LogP contribution in [0.15, 0.2) is 18.2 Å². The van der Waals surface area contributed by atoms with Crippen LogP contribution in [0.25, 0.3) is 0 Å². The maximum atomic E-state index is 11.3. The second kappa shape index (κ2) is 8.61. The first-order valence-electron chi connectivity index (χ1n) is 8.40. The molecule has 26 heavy (non-hydrogen) atoms. The molecule has 1 aromatic carbocycles. The van der Waals surface area contributed by atoms with Crippen molar-refractivity contribution in [2.24, 2.45) is 0 Å². The van der Waals surface area contributed by atoms with E-state index in [1.807, 2.05) is 11.8 Å². The lowest BCUT2D eigenvalue weighted by molar-refractivity contribution is -0.384. The lowest BCUT2D eigenvalue weighted by Crippen LogP contribution is -2.51. The third-order valence-electron chi connectivity index (χ3n) is 4.57. The van der Waals surface area contributed by atoms with Crippen molar-refractivity contribution in [1.29, 1.82) is 0 Å². The maximum Gasteiger partial charge on any atom is 0.317 e. The molecule has 0 spiro atoms. The second-order valence-corrected chi connectivity index (χ2v) is 6.28. The summed E-state index contributed by atoms with van der Waals surface area (Å²) >= 11 is 0. The molecule has 9 nitrogen and oxygen atoms in total. The second-order valence-electron chi connectivity index (χ2n) is 6.28. The van der Waals surface area contributed by atoms with Crippen LogP contribution in [0.2, 0.25) is 0 Å². The largest absolute Gasteiger partial charge is 0.480 e. The number of nitro groups is 1. The third kappa shape index (κ3) is 4.92. The number of methoxy groups -OCH3 is 1. The first-order valence-corrected chi connectivity index (χ1v) is 8.40. The standard InChI is InChI=1S/C17H23N3O6/c1-3-19(10-16(21)22)13-8-12(9-13)18-14-5-4-11(7-17(23)26-2)6-15(14)20(24)25/h4-6,12-13,18H,3,7-10H2,1-2H3,(H,21,22). The lowest BCUT2D eigenvalue weighted by atomic mass is 9.85. The highest BCUT2D eigenvalue weighted by Crippen LogP contribution is 2.33. The number of carbonyl (C=O) groups excluding carboxylic acids is 1. The number of hydrogen-bond donors (Lipinski definition) is 2. The quantitative estimate of drug-likeness (QED) is 0.385. The van der Waals surface area contributed by atoms with E-state index in [1.54, 1.807) is 12.1 Å². The molecule has 1 aliphatic carbocycles. The van der Waals surface area contributed by atoms with Crippen LogP contribution in [-0.2, 0) is 20.7 Å². The molecule has 2 N–H and O–H groups in total. The van der Waals surface area contributed by atoms with Crippen molar-refractivity contribution in [1.82, 2.24) is 4.90 Å². The summed E-state index contributed by atoms with van der Waals surface area (Å²) in [6, 6.07) is 4.83. The molecular formula is C17H23N3O6. The van der Waals surface area contributed by atoms with Crippen LogP contribution in [0.1, 0.15) is 25.3 Å². The number of carboxylic acids is 1. The van der Waals surface area contributed by atoms with Gasteiger partial charge in [0.2, 0.25) is 0 Å². The van der Waals surface area contributed by atoms with Gasteiger partial charge in [-0.25, -0.2) is 0 Å². The molecule has 1 saturated carbocycles. The molecule has 0 bridgehead atoms. The highest BCUT2D eigenvalue weighted by molar-refractivity contribution is 5.74. The smallest absolute Gasteiger partial charge is 0.317 e. The highest BCUT2D eigenvalue weighted by Gasteiger charge is 2.34. The molecule has 0 heterocycles. The van der Waals surface area contributed by atoms with E-state index in [4.69, 9.17) is 5.11 Å². The topological polar surface area (TPSA) is 122 Å². The molecule has 0 aliphatic heterocycles. The molecule has 0 radical (unpaired) electrons. The van der Waals surface area contributed by atoms with E-state index in [9.17, 15) is 19.7 Å². The Balaban J connectivity index is 2.00. The predicted molar refractivity (Wildman–Crippen MR) is 94.1 cm³/mol. The molecular weight excluding hydrogens is 342 g/mol. The fourth-order valence-corrected chi connectivity index (χ4v) is 3.10. The molecule has 1 aliphatic rings. The van der Waals surface area contributed by atoms with E-state index in [0.717, 1.165) is 12.8 Å². The van der Waals surface area contributed by atoms with E-state index >= 15 is 0 Å². The van der Waals surface area contributed by atoms with Gasteiger partial charge in [-0.2, -0.15) is 0 Å². The summed E-state index contributed by atoms with van der Waals surface area (Å²) in [6.07, 6.45) is 1.42. The molecule has 0 unspecified atom stereocenters. The minimum atomic E-state index is -0.861. The van der Waals surface area contributed by atoms with Gasteiger partial charge < -0.3 is 15.2 Å². The van der Waals surface area contributed by atoms with Crippen molar-refractivity contribution in [3.63, 3.8) is 0 Å². The summed E-state index contributed by atoms with van der Waals surface area (Å²) in [7, 11) is 1.27. The summed E-state index contributed by atoms with van der Waals surface area (Å²) in [6.45, 7) is 2.55. The Morgan fingerprint density at radius 3 is 2.65 bits per heavy atom. The Morgan fingerprint density at radius 2 is 2.12 bits per heavy atom. The Kier molecular flexibility index (Phi) is 6.51. The number of nitrogens with one attached hydrogen (secondary N) is 1. The Bertz CT molecular complexity index is 687. The monoisotopic (exact) mass is 365 g/mol.